The standard InChI is InChI=1S/C12H14N4O2S/c1-3-10-7-14-12(19-10)8(2)15-9-4-5-11(13-6-9)16(17)18/h4-8,15H,3H2,1-2H3. The molecule has 2 aromatic rings. The second-order valence-corrected chi connectivity index (χ2v) is 5.19. The number of aromatic nitrogens is 2. The second-order valence-electron chi connectivity index (χ2n) is 4.05. The summed E-state index contributed by atoms with van der Waals surface area (Å²) in [6.45, 7) is 4.09. The smallest absolute Gasteiger partial charge is 0.363 e. The lowest BCUT2D eigenvalue weighted by atomic mass is 10.3. The lowest BCUT2D eigenvalue weighted by molar-refractivity contribution is -0.389. The fourth-order valence-electron chi connectivity index (χ4n) is 1.58. The van der Waals surface area contributed by atoms with Crippen molar-refractivity contribution in [3.8, 4) is 0 Å². The van der Waals surface area contributed by atoms with Crippen LogP contribution in [0.4, 0.5) is 11.5 Å². The van der Waals surface area contributed by atoms with Crippen LogP contribution < -0.4 is 5.32 Å². The average Bonchev–Trinajstić information content (AvgIpc) is 2.88. The molecule has 19 heavy (non-hydrogen) atoms. The van der Waals surface area contributed by atoms with E-state index in [2.05, 4.69) is 22.2 Å². The first kappa shape index (κ1) is 13.4. The number of pyridine rings is 1. The highest BCUT2D eigenvalue weighted by molar-refractivity contribution is 7.11. The Morgan fingerprint density at radius 2 is 2.21 bits per heavy atom. The number of rotatable bonds is 5. The number of thiazole rings is 1. The SMILES string of the molecule is CCc1cnc(C(C)Nc2ccc([N+](=O)[O-])nc2)s1. The van der Waals surface area contributed by atoms with E-state index in [0.29, 0.717) is 0 Å². The Balaban J connectivity index is 2.05. The third kappa shape index (κ3) is 3.25. The van der Waals surface area contributed by atoms with Gasteiger partial charge in [-0.1, -0.05) is 6.92 Å². The molecule has 0 aliphatic carbocycles. The minimum Gasteiger partial charge on any atom is -0.373 e. The highest BCUT2D eigenvalue weighted by atomic mass is 32.1. The van der Waals surface area contributed by atoms with Crippen molar-refractivity contribution < 1.29 is 4.92 Å². The molecule has 1 unspecified atom stereocenters. The van der Waals surface area contributed by atoms with Crippen molar-refractivity contribution in [2.24, 2.45) is 0 Å². The van der Waals surface area contributed by atoms with E-state index in [1.165, 1.54) is 17.1 Å². The quantitative estimate of drug-likeness (QED) is 0.671. The summed E-state index contributed by atoms with van der Waals surface area (Å²) < 4.78 is 0. The van der Waals surface area contributed by atoms with Crippen LogP contribution in [0.15, 0.2) is 24.5 Å². The summed E-state index contributed by atoms with van der Waals surface area (Å²) in [4.78, 5) is 19.4. The molecule has 0 spiro atoms. The van der Waals surface area contributed by atoms with Crippen LogP contribution >= 0.6 is 11.3 Å². The molecule has 0 amide bonds. The molecular formula is C12H14N4O2S. The van der Waals surface area contributed by atoms with Crippen LogP contribution in [0.25, 0.3) is 0 Å². The Morgan fingerprint density at radius 1 is 1.42 bits per heavy atom. The van der Waals surface area contributed by atoms with Gasteiger partial charge >= 0.3 is 5.82 Å². The van der Waals surface area contributed by atoms with Crippen LogP contribution in [0, 0.1) is 10.1 Å². The maximum Gasteiger partial charge on any atom is 0.363 e. The molecule has 0 saturated heterocycles. The maximum atomic E-state index is 10.5. The Morgan fingerprint density at radius 3 is 2.74 bits per heavy atom. The minimum atomic E-state index is -0.512. The highest BCUT2D eigenvalue weighted by Crippen LogP contribution is 2.24. The number of nitrogens with one attached hydrogen (secondary N) is 1. The van der Waals surface area contributed by atoms with E-state index >= 15 is 0 Å². The maximum absolute atomic E-state index is 10.5. The summed E-state index contributed by atoms with van der Waals surface area (Å²) in [6, 6.07) is 3.08. The van der Waals surface area contributed by atoms with E-state index < -0.39 is 4.92 Å². The molecule has 0 aliphatic heterocycles. The molecule has 6 nitrogen and oxygen atoms in total. The molecule has 100 valence electrons. The third-order valence-corrected chi connectivity index (χ3v) is 3.93. The molecular weight excluding hydrogens is 264 g/mol. The minimum absolute atomic E-state index is 0.0496. The van der Waals surface area contributed by atoms with Gasteiger partial charge in [-0.05, 0) is 29.3 Å². The number of nitro groups is 1. The lowest BCUT2D eigenvalue weighted by Crippen LogP contribution is -2.06. The van der Waals surface area contributed by atoms with Crippen molar-refractivity contribution in [3.63, 3.8) is 0 Å². The molecule has 0 radical (unpaired) electrons. The summed E-state index contributed by atoms with van der Waals surface area (Å²) in [5, 5.41) is 14.7. The van der Waals surface area contributed by atoms with E-state index in [1.807, 2.05) is 13.1 Å². The molecule has 7 heteroatoms. The van der Waals surface area contributed by atoms with Gasteiger partial charge in [0.1, 0.15) is 5.01 Å². The zero-order valence-corrected chi connectivity index (χ0v) is 11.5. The number of hydrogen-bond acceptors (Lipinski definition) is 6. The second kappa shape index (κ2) is 5.75. The van der Waals surface area contributed by atoms with Crippen molar-refractivity contribution in [1.29, 1.82) is 0 Å². The highest BCUT2D eigenvalue weighted by Gasteiger charge is 2.12. The van der Waals surface area contributed by atoms with E-state index in [4.69, 9.17) is 0 Å². The van der Waals surface area contributed by atoms with Crippen molar-refractivity contribution in [1.82, 2.24) is 9.97 Å². The predicted molar refractivity (Wildman–Crippen MR) is 74.4 cm³/mol. The molecule has 0 saturated carbocycles. The van der Waals surface area contributed by atoms with Crippen molar-refractivity contribution in [2.75, 3.05) is 5.32 Å². The zero-order chi connectivity index (χ0) is 13.8. The van der Waals surface area contributed by atoms with Gasteiger partial charge in [0.15, 0.2) is 6.20 Å². The van der Waals surface area contributed by atoms with Crippen molar-refractivity contribution in [3.05, 3.63) is 44.5 Å². The van der Waals surface area contributed by atoms with Gasteiger partial charge in [0.25, 0.3) is 0 Å². The van der Waals surface area contributed by atoms with Crippen molar-refractivity contribution in [2.45, 2.75) is 26.3 Å². The number of hydrogen-bond donors (Lipinski definition) is 1. The summed E-state index contributed by atoms with van der Waals surface area (Å²) in [5.74, 6) is -0.152. The topological polar surface area (TPSA) is 81.0 Å². The molecule has 0 aliphatic rings. The fourth-order valence-corrected chi connectivity index (χ4v) is 2.44. The van der Waals surface area contributed by atoms with Crippen LogP contribution in [0.1, 0.15) is 29.8 Å². The first-order chi connectivity index (χ1) is 9.10. The Bertz CT molecular complexity index is 567. The molecule has 1 atom stereocenters. The van der Waals surface area contributed by atoms with Gasteiger partial charge in [0.2, 0.25) is 0 Å². The van der Waals surface area contributed by atoms with Crippen LogP contribution in [0.5, 0.6) is 0 Å². The van der Waals surface area contributed by atoms with Gasteiger partial charge in [-0.3, -0.25) is 0 Å². The normalized spacial score (nSPS) is 12.1. The fraction of sp³-hybridized carbons (Fsp3) is 0.333. The van der Waals surface area contributed by atoms with Crippen LogP contribution in [-0.2, 0) is 6.42 Å². The van der Waals surface area contributed by atoms with Gasteiger partial charge in [-0.15, -0.1) is 11.3 Å². The Labute approximate surface area is 114 Å². The molecule has 1 N–H and O–H groups in total. The number of nitrogens with zero attached hydrogens (tertiary/aromatic N) is 3. The van der Waals surface area contributed by atoms with E-state index in [-0.39, 0.29) is 11.9 Å². The molecule has 2 aromatic heterocycles. The number of anilines is 1. The van der Waals surface area contributed by atoms with E-state index in [0.717, 1.165) is 17.1 Å². The summed E-state index contributed by atoms with van der Waals surface area (Å²) in [5.41, 5.74) is 0.742. The van der Waals surface area contributed by atoms with Gasteiger partial charge in [0, 0.05) is 17.1 Å². The van der Waals surface area contributed by atoms with E-state index in [9.17, 15) is 10.1 Å². The average molecular weight is 278 g/mol. The van der Waals surface area contributed by atoms with Gasteiger partial charge in [0.05, 0.1) is 11.7 Å². The summed E-state index contributed by atoms with van der Waals surface area (Å²) in [7, 11) is 0. The Kier molecular flexibility index (Phi) is 4.06. The molecule has 2 heterocycles. The molecule has 2 rings (SSSR count). The van der Waals surface area contributed by atoms with Crippen LogP contribution in [0.3, 0.4) is 0 Å². The first-order valence-corrected chi connectivity index (χ1v) is 6.73. The summed E-state index contributed by atoms with van der Waals surface area (Å²) >= 11 is 1.67. The van der Waals surface area contributed by atoms with Gasteiger partial charge in [-0.25, -0.2) is 4.98 Å². The molecule has 0 aromatic carbocycles. The van der Waals surface area contributed by atoms with Gasteiger partial charge < -0.3 is 15.4 Å². The third-order valence-electron chi connectivity index (χ3n) is 2.61. The van der Waals surface area contributed by atoms with Crippen LogP contribution in [-0.4, -0.2) is 14.9 Å². The zero-order valence-electron chi connectivity index (χ0n) is 10.7. The van der Waals surface area contributed by atoms with E-state index in [1.54, 1.807) is 17.4 Å². The van der Waals surface area contributed by atoms with Crippen LogP contribution in [0.2, 0.25) is 0 Å². The molecule has 0 bridgehead atoms. The van der Waals surface area contributed by atoms with Gasteiger partial charge in [-0.2, -0.15) is 0 Å². The predicted octanol–water partition coefficient (Wildman–Crippen LogP) is 3.18. The molecule has 0 fully saturated rings. The number of aryl methyl sites for hydroxylation is 1. The first-order valence-electron chi connectivity index (χ1n) is 5.91. The Hall–Kier alpha value is -2.02. The summed E-state index contributed by atoms with van der Waals surface area (Å²) in [6.07, 6.45) is 4.32. The largest absolute Gasteiger partial charge is 0.373 e. The lowest BCUT2D eigenvalue weighted by Gasteiger charge is -2.10. The monoisotopic (exact) mass is 278 g/mol. The van der Waals surface area contributed by atoms with Crippen molar-refractivity contribution >= 4 is 22.8 Å².